The van der Waals surface area contributed by atoms with Crippen LogP contribution < -0.4 is 0 Å². The number of rotatable bonds is 5. The first-order chi connectivity index (χ1) is 10.8. The van der Waals surface area contributed by atoms with Crippen molar-refractivity contribution in [1.82, 2.24) is 14.4 Å². The summed E-state index contributed by atoms with van der Waals surface area (Å²) in [6.45, 7) is 3.26. The maximum absolute atomic E-state index is 11.4. The zero-order valence-corrected chi connectivity index (χ0v) is 13.8. The van der Waals surface area contributed by atoms with Gasteiger partial charge in [-0.25, -0.2) is 8.42 Å². The van der Waals surface area contributed by atoms with E-state index in [2.05, 4.69) is 10.3 Å². The van der Waals surface area contributed by atoms with E-state index in [0.29, 0.717) is 0 Å². The molecule has 0 fully saturated rings. The third kappa shape index (κ3) is 4.75. The second-order valence-electron chi connectivity index (χ2n) is 5.08. The number of carbonyl (C=O) groups excluding carboxylic acids is 1. The van der Waals surface area contributed by atoms with Gasteiger partial charge in [-0.05, 0) is 18.6 Å². The Morgan fingerprint density at radius 3 is 2.48 bits per heavy atom. The SMILES string of the molecule is CC(=O)OC(/C=C/c1ccc(C)cc1)c1cn(S(C)(=O)=O)nn1. The standard InChI is InChI=1S/C15H17N3O4S/c1-11-4-6-13(7-5-11)8-9-15(22-12(2)19)14-10-18(17-16-14)23(3,20)21/h4-10,15H,1-3H3/b9-8+. The molecule has 0 aliphatic rings. The third-order valence-electron chi connectivity index (χ3n) is 2.96. The molecule has 7 nitrogen and oxygen atoms in total. The van der Waals surface area contributed by atoms with Gasteiger partial charge in [-0.2, -0.15) is 0 Å². The number of ether oxygens (including phenoxy) is 1. The number of carbonyl (C=O) groups is 1. The van der Waals surface area contributed by atoms with Gasteiger partial charge in [0.05, 0.1) is 12.5 Å². The minimum absolute atomic E-state index is 0.231. The molecule has 0 saturated heterocycles. The molecule has 122 valence electrons. The van der Waals surface area contributed by atoms with E-state index in [1.165, 1.54) is 13.1 Å². The monoisotopic (exact) mass is 335 g/mol. The summed E-state index contributed by atoms with van der Waals surface area (Å²) in [6, 6.07) is 7.76. The van der Waals surface area contributed by atoms with Gasteiger partial charge < -0.3 is 4.74 Å². The molecule has 0 amide bonds. The maximum Gasteiger partial charge on any atom is 0.303 e. The van der Waals surface area contributed by atoms with E-state index in [9.17, 15) is 13.2 Å². The van der Waals surface area contributed by atoms with Gasteiger partial charge in [-0.1, -0.05) is 41.1 Å². The van der Waals surface area contributed by atoms with E-state index in [0.717, 1.165) is 21.5 Å². The molecule has 1 atom stereocenters. The Morgan fingerprint density at radius 1 is 1.30 bits per heavy atom. The molecule has 0 aliphatic carbocycles. The average Bonchev–Trinajstić information content (AvgIpc) is 2.94. The molecule has 1 aromatic carbocycles. The first kappa shape index (κ1) is 16.9. The summed E-state index contributed by atoms with van der Waals surface area (Å²) in [5.41, 5.74) is 2.28. The molecule has 2 aromatic rings. The van der Waals surface area contributed by atoms with Gasteiger partial charge >= 0.3 is 5.97 Å². The summed E-state index contributed by atoms with van der Waals surface area (Å²) >= 11 is 0. The molecule has 0 saturated carbocycles. The van der Waals surface area contributed by atoms with Crippen molar-refractivity contribution >= 4 is 22.1 Å². The van der Waals surface area contributed by atoms with Crippen molar-refractivity contribution in [3.8, 4) is 0 Å². The first-order valence-corrected chi connectivity index (χ1v) is 8.65. The predicted molar refractivity (Wildman–Crippen MR) is 85.0 cm³/mol. The van der Waals surface area contributed by atoms with Crippen molar-refractivity contribution in [2.75, 3.05) is 6.26 Å². The van der Waals surface area contributed by atoms with Crippen LogP contribution in [0.4, 0.5) is 0 Å². The third-order valence-corrected chi connectivity index (χ3v) is 3.81. The highest BCUT2D eigenvalue weighted by molar-refractivity contribution is 7.89. The van der Waals surface area contributed by atoms with Gasteiger partial charge in [0.1, 0.15) is 5.69 Å². The van der Waals surface area contributed by atoms with Crippen LogP contribution in [0.3, 0.4) is 0 Å². The molecule has 0 N–H and O–H groups in total. The summed E-state index contributed by atoms with van der Waals surface area (Å²) in [6.07, 6.45) is 4.82. The summed E-state index contributed by atoms with van der Waals surface area (Å²) in [4.78, 5) is 11.3. The molecular weight excluding hydrogens is 318 g/mol. The Hall–Kier alpha value is -2.48. The topological polar surface area (TPSA) is 91.2 Å². The number of nitrogens with zero attached hydrogens (tertiary/aromatic N) is 3. The van der Waals surface area contributed by atoms with Gasteiger partial charge in [-0.3, -0.25) is 4.79 Å². The Morgan fingerprint density at radius 2 is 1.96 bits per heavy atom. The number of hydrogen-bond donors (Lipinski definition) is 0. The van der Waals surface area contributed by atoms with Crippen molar-refractivity contribution in [2.45, 2.75) is 20.0 Å². The molecule has 1 heterocycles. The van der Waals surface area contributed by atoms with Crippen LogP contribution in [-0.4, -0.2) is 35.0 Å². The van der Waals surface area contributed by atoms with Crippen LogP contribution in [0.5, 0.6) is 0 Å². The van der Waals surface area contributed by atoms with Crippen molar-refractivity contribution in [2.24, 2.45) is 0 Å². The molecule has 0 radical (unpaired) electrons. The van der Waals surface area contributed by atoms with Crippen LogP contribution in [0.1, 0.15) is 29.8 Å². The molecule has 0 bridgehead atoms. The fourth-order valence-corrected chi connectivity index (χ4v) is 2.27. The Balaban J connectivity index is 2.28. The number of aryl methyl sites for hydroxylation is 1. The van der Waals surface area contributed by atoms with Crippen LogP contribution in [0.2, 0.25) is 0 Å². The average molecular weight is 335 g/mol. The molecule has 1 unspecified atom stereocenters. The molecule has 0 aliphatic heterocycles. The zero-order chi connectivity index (χ0) is 17.0. The van der Waals surface area contributed by atoms with E-state index in [-0.39, 0.29) is 5.69 Å². The van der Waals surface area contributed by atoms with Crippen molar-refractivity contribution in [3.05, 3.63) is 53.4 Å². The summed E-state index contributed by atoms with van der Waals surface area (Å²) < 4.78 is 28.8. The van der Waals surface area contributed by atoms with Crippen LogP contribution in [-0.2, 0) is 19.6 Å². The summed E-state index contributed by atoms with van der Waals surface area (Å²) in [5, 5.41) is 7.30. The quantitative estimate of drug-likeness (QED) is 0.773. The molecule has 2 rings (SSSR count). The minimum atomic E-state index is -3.54. The highest BCUT2D eigenvalue weighted by Gasteiger charge is 2.18. The van der Waals surface area contributed by atoms with E-state index in [4.69, 9.17) is 4.74 Å². The smallest absolute Gasteiger partial charge is 0.303 e. The van der Waals surface area contributed by atoms with Gasteiger partial charge in [-0.15, -0.1) is 9.19 Å². The number of esters is 1. The van der Waals surface area contributed by atoms with Crippen LogP contribution >= 0.6 is 0 Å². The van der Waals surface area contributed by atoms with E-state index < -0.39 is 22.1 Å². The lowest BCUT2D eigenvalue weighted by molar-refractivity contribution is -0.144. The second-order valence-corrected chi connectivity index (χ2v) is 6.92. The number of benzene rings is 1. The summed E-state index contributed by atoms with van der Waals surface area (Å²) in [7, 11) is -3.54. The highest BCUT2D eigenvalue weighted by atomic mass is 32.2. The van der Waals surface area contributed by atoms with Crippen LogP contribution in [0, 0.1) is 6.92 Å². The lowest BCUT2D eigenvalue weighted by Gasteiger charge is -2.09. The Labute approximate surface area is 134 Å². The Bertz CT molecular complexity index is 823. The van der Waals surface area contributed by atoms with Gasteiger partial charge in [0.2, 0.25) is 0 Å². The lowest BCUT2D eigenvalue weighted by Crippen LogP contribution is -2.10. The van der Waals surface area contributed by atoms with Gasteiger partial charge in [0.15, 0.2) is 6.10 Å². The fourth-order valence-electron chi connectivity index (χ4n) is 1.81. The van der Waals surface area contributed by atoms with Crippen LogP contribution in [0.25, 0.3) is 6.08 Å². The van der Waals surface area contributed by atoms with Crippen molar-refractivity contribution in [1.29, 1.82) is 0 Å². The fraction of sp³-hybridized carbons (Fsp3) is 0.267. The molecular formula is C15H17N3O4S. The predicted octanol–water partition coefficient (Wildman–Crippen LogP) is 1.71. The number of aromatic nitrogens is 3. The van der Waals surface area contributed by atoms with Gasteiger partial charge in [0.25, 0.3) is 10.0 Å². The van der Waals surface area contributed by atoms with E-state index in [1.807, 2.05) is 31.2 Å². The molecule has 1 aromatic heterocycles. The normalized spacial score (nSPS) is 13.2. The number of hydrogen-bond acceptors (Lipinski definition) is 6. The largest absolute Gasteiger partial charge is 0.452 e. The first-order valence-electron chi connectivity index (χ1n) is 6.80. The summed E-state index contributed by atoms with van der Waals surface area (Å²) in [5.74, 6) is -0.502. The molecule has 0 spiro atoms. The van der Waals surface area contributed by atoms with Crippen LogP contribution in [0.15, 0.2) is 36.5 Å². The minimum Gasteiger partial charge on any atom is -0.452 e. The second kappa shape index (κ2) is 6.74. The lowest BCUT2D eigenvalue weighted by atomic mass is 10.1. The Kier molecular flexibility index (Phi) is 4.95. The maximum atomic E-state index is 11.4. The van der Waals surface area contributed by atoms with Crippen molar-refractivity contribution < 1.29 is 17.9 Å². The highest BCUT2D eigenvalue weighted by Crippen LogP contribution is 2.19. The zero-order valence-electron chi connectivity index (χ0n) is 13.0. The van der Waals surface area contributed by atoms with E-state index in [1.54, 1.807) is 12.2 Å². The molecule has 8 heteroatoms. The van der Waals surface area contributed by atoms with Gasteiger partial charge in [0, 0.05) is 6.92 Å². The van der Waals surface area contributed by atoms with E-state index >= 15 is 0 Å². The molecule has 23 heavy (non-hydrogen) atoms. The van der Waals surface area contributed by atoms with Crippen molar-refractivity contribution in [3.63, 3.8) is 0 Å².